The molecule has 0 bridgehead atoms. The van der Waals surface area contributed by atoms with E-state index in [9.17, 15) is 4.79 Å². The topological polar surface area (TPSA) is 81.1 Å². The molecule has 8 heteroatoms. The van der Waals surface area contributed by atoms with Gasteiger partial charge in [0.1, 0.15) is 11.4 Å². The lowest BCUT2D eigenvalue weighted by molar-refractivity contribution is 0.0980. The number of hydrogen-bond acceptors (Lipinski definition) is 7. The monoisotopic (exact) mass is 427 g/mol. The fraction of sp³-hybridized carbons (Fsp3) is 0.0870. The van der Waals surface area contributed by atoms with Gasteiger partial charge in [-0.15, -0.1) is 0 Å². The van der Waals surface area contributed by atoms with Crippen molar-refractivity contribution < 1.29 is 9.53 Å². The van der Waals surface area contributed by atoms with Crippen LogP contribution in [-0.4, -0.2) is 33.0 Å². The highest BCUT2D eigenvalue weighted by Crippen LogP contribution is 2.32. The molecule has 5 aromatic rings. The molecule has 7 nitrogen and oxygen atoms in total. The number of carbonyl (C=O) groups excluding carboxylic acids is 1. The Kier molecular flexibility index (Phi) is 4.97. The van der Waals surface area contributed by atoms with E-state index in [4.69, 9.17) is 9.72 Å². The first-order valence-corrected chi connectivity index (χ1v) is 10.4. The van der Waals surface area contributed by atoms with Crippen LogP contribution in [0.1, 0.15) is 16.1 Å². The van der Waals surface area contributed by atoms with Crippen LogP contribution in [0.15, 0.2) is 73.2 Å². The zero-order valence-electron chi connectivity index (χ0n) is 16.6. The van der Waals surface area contributed by atoms with E-state index in [-0.39, 0.29) is 11.6 Å². The summed E-state index contributed by atoms with van der Waals surface area (Å²) in [6.07, 6.45) is 4.95. The molecule has 152 valence electrons. The molecule has 0 aliphatic rings. The quantitative estimate of drug-likeness (QED) is 0.411. The first kappa shape index (κ1) is 19.1. The molecule has 31 heavy (non-hydrogen) atoms. The van der Waals surface area contributed by atoms with Crippen molar-refractivity contribution in [2.45, 2.75) is 6.54 Å². The molecule has 0 aliphatic heterocycles. The number of benzene rings is 2. The van der Waals surface area contributed by atoms with Crippen molar-refractivity contribution in [1.82, 2.24) is 19.9 Å². The molecule has 0 unspecified atom stereocenters. The minimum Gasteiger partial charge on any atom is -0.497 e. The number of anilines is 1. The summed E-state index contributed by atoms with van der Waals surface area (Å²) >= 11 is 1.44. The zero-order chi connectivity index (χ0) is 21.2. The van der Waals surface area contributed by atoms with Gasteiger partial charge in [-0.2, -0.15) is 0 Å². The molecule has 1 amide bonds. The first-order chi connectivity index (χ1) is 15.2. The summed E-state index contributed by atoms with van der Waals surface area (Å²) in [6.45, 7) is 0.318. The van der Waals surface area contributed by atoms with Gasteiger partial charge < -0.3 is 4.74 Å². The van der Waals surface area contributed by atoms with Crippen molar-refractivity contribution in [3.63, 3.8) is 0 Å². The number of carbonyl (C=O) groups is 1. The van der Waals surface area contributed by atoms with E-state index in [1.54, 1.807) is 24.4 Å². The molecule has 0 fully saturated rings. The lowest BCUT2D eigenvalue weighted by atomic mass is 10.2. The molecule has 0 spiro atoms. The van der Waals surface area contributed by atoms with E-state index >= 15 is 0 Å². The van der Waals surface area contributed by atoms with E-state index in [1.807, 2.05) is 54.6 Å². The maximum Gasteiger partial charge on any atom is 0.280 e. The normalized spacial score (nSPS) is 11.0. The van der Waals surface area contributed by atoms with Gasteiger partial charge in [-0.05, 0) is 35.9 Å². The predicted molar refractivity (Wildman–Crippen MR) is 120 cm³/mol. The van der Waals surface area contributed by atoms with E-state index < -0.39 is 0 Å². The van der Waals surface area contributed by atoms with Crippen molar-refractivity contribution in [2.75, 3.05) is 12.0 Å². The Bertz CT molecular complexity index is 1390. The molecule has 0 radical (unpaired) electrons. The van der Waals surface area contributed by atoms with Crippen LogP contribution in [-0.2, 0) is 6.54 Å². The Labute approximate surface area is 182 Å². The maximum atomic E-state index is 13.5. The van der Waals surface area contributed by atoms with E-state index in [1.165, 1.54) is 17.5 Å². The predicted octanol–water partition coefficient (Wildman–Crippen LogP) is 4.49. The second-order valence-corrected chi connectivity index (χ2v) is 7.84. The van der Waals surface area contributed by atoms with Gasteiger partial charge in [0.15, 0.2) is 5.13 Å². The Morgan fingerprint density at radius 3 is 2.68 bits per heavy atom. The number of rotatable bonds is 5. The minimum atomic E-state index is -0.270. The summed E-state index contributed by atoms with van der Waals surface area (Å²) in [7, 11) is 1.62. The summed E-state index contributed by atoms with van der Waals surface area (Å²) in [5.41, 5.74) is 3.34. The van der Waals surface area contributed by atoms with Crippen LogP contribution in [0.5, 0.6) is 5.75 Å². The number of ether oxygens (including phenoxy) is 1. The van der Waals surface area contributed by atoms with Crippen LogP contribution in [0.3, 0.4) is 0 Å². The molecular weight excluding hydrogens is 410 g/mol. The van der Waals surface area contributed by atoms with Crippen LogP contribution >= 0.6 is 11.3 Å². The van der Waals surface area contributed by atoms with E-state index in [0.29, 0.717) is 17.2 Å². The third kappa shape index (κ3) is 3.80. The highest BCUT2D eigenvalue weighted by atomic mass is 32.1. The Morgan fingerprint density at radius 2 is 1.87 bits per heavy atom. The highest BCUT2D eigenvalue weighted by molar-refractivity contribution is 7.22. The SMILES string of the molecule is COc1ccc2sc(N(Cc3cccnc3)C(=O)c3cnc4ccccc4n3)nc2c1. The number of aromatic nitrogens is 4. The average molecular weight is 427 g/mol. The third-order valence-corrected chi connectivity index (χ3v) is 5.85. The van der Waals surface area contributed by atoms with Crippen molar-refractivity contribution in [1.29, 1.82) is 0 Å². The average Bonchev–Trinajstić information content (AvgIpc) is 3.25. The van der Waals surface area contributed by atoms with Crippen LogP contribution < -0.4 is 9.64 Å². The molecule has 2 aromatic carbocycles. The van der Waals surface area contributed by atoms with Crippen LogP contribution in [0.4, 0.5) is 5.13 Å². The van der Waals surface area contributed by atoms with Gasteiger partial charge >= 0.3 is 0 Å². The summed E-state index contributed by atoms with van der Waals surface area (Å²) < 4.78 is 6.27. The van der Waals surface area contributed by atoms with Crippen LogP contribution in [0, 0.1) is 0 Å². The fourth-order valence-corrected chi connectivity index (χ4v) is 4.18. The Hall–Kier alpha value is -3.91. The summed E-state index contributed by atoms with van der Waals surface area (Å²) in [4.78, 5) is 33.0. The second kappa shape index (κ2) is 8.08. The minimum absolute atomic E-state index is 0.263. The fourth-order valence-electron chi connectivity index (χ4n) is 3.24. The standard InChI is InChI=1S/C23H17N5O2S/c1-30-16-8-9-21-19(11-16)27-23(31-21)28(14-15-5-4-10-24-12-15)22(29)20-13-25-17-6-2-3-7-18(17)26-20/h2-13H,14H2,1H3. The van der Waals surface area contributed by atoms with Crippen molar-refractivity contribution in [2.24, 2.45) is 0 Å². The van der Waals surface area contributed by atoms with Gasteiger partial charge in [0.25, 0.3) is 5.91 Å². The summed E-state index contributed by atoms with van der Waals surface area (Å²) in [6, 6.07) is 16.9. The molecular formula is C23H17N5O2S. The van der Waals surface area contributed by atoms with Gasteiger partial charge in [-0.3, -0.25) is 19.7 Å². The number of methoxy groups -OCH3 is 1. The molecule has 0 aliphatic carbocycles. The van der Waals surface area contributed by atoms with Crippen molar-refractivity contribution in [3.8, 4) is 5.75 Å². The molecule has 5 rings (SSSR count). The smallest absolute Gasteiger partial charge is 0.280 e. The first-order valence-electron chi connectivity index (χ1n) is 9.58. The number of hydrogen-bond donors (Lipinski definition) is 0. The van der Waals surface area contributed by atoms with Gasteiger partial charge in [0, 0.05) is 18.5 Å². The van der Waals surface area contributed by atoms with Gasteiger partial charge in [-0.25, -0.2) is 9.97 Å². The maximum absolute atomic E-state index is 13.5. The number of amides is 1. The largest absolute Gasteiger partial charge is 0.497 e. The number of fused-ring (bicyclic) bond motifs is 2. The van der Waals surface area contributed by atoms with E-state index in [0.717, 1.165) is 27.0 Å². The molecule has 0 saturated heterocycles. The number of thiazole rings is 1. The van der Waals surface area contributed by atoms with Crippen LogP contribution in [0.2, 0.25) is 0 Å². The second-order valence-electron chi connectivity index (χ2n) is 6.83. The molecule has 0 atom stereocenters. The Balaban J connectivity index is 1.58. The molecule has 3 aromatic heterocycles. The molecule has 0 N–H and O–H groups in total. The van der Waals surface area contributed by atoms with Gasteiger partial charge in [-0.1, -0.05) is 29.5 Å². The van der Waals surface area contributed by atoms with Gasteiger partial charge in [0.2, 0.25) is 0 Å². The lowest BCUT2D eigenvalue weighted by Gasteiger charge is -2.19. The van der Waals surface area contributed by atoms with Crippen molar-refractivity contribution in [3.05, 3.63) is 84.4 Å². The third-order valence-electron chi connectivity index (χ3n) is 4.79. The molecule has 0 saturated carbocycles. The number of para-hydroxylation sites is 2. The molecule has 3 heterocycles. The summed E-state index contributed by atoms with van der Waals surface area (Å²) in [5.74, 6) is 0.447. The highest BCUT2D eigenvalue weighted by Gasteiger charge is 2.23. The van der Waals surface area contributed by atoms with E-state index in [2.05, 4.69) is 15.0 Å². The summed E-state index contributed by atoms with van der Waals surface area (Å²) in [5, 5.41) is 0.576. The van der Waals surface area contributed by atoms with Crippen molar-refractivity contribution >= 4 is 43.6 Å². The zero-order valence-corrected chi connectivity index (χ0v) is 17.4. The number of nitrogens with zero attached hydrogens (tertiary/aromatic N) is 5. The lowest BCUT2D eigenvalue weighted by Crippen LogP contribution is -2.31. The Morgan fingerprint density at radius 1 is 1.00 bits per heavy atom. The van der Waals surface area contributed by atoms with Gasteiger partial charge in [0.05, 0.1) is 41.1 Å². The van der Waals surface area contributed by atoms with Crippen LogP contribution in [0.25, 0.3) is 21.3 Å². The number of pyridine rings is 1.